The van der Waals surface area contributed by atoms with Crippen LogP contribution >= 0.6 is 0 Å². The molecule has 2 aliphatic rings. The van der Waals surface area contributed by atoms with Crippen molar-refractivity contribution in [3.63, 3.8) is 0 Å². The van der Waals surface area contributed by atoms with Crippen molar-refractivity contribution in [2.45, 2.75) is 38.6 Å². The topological polar surface area (TPSA) is 35.6 Å². The largest absolute Gasteiger partial charge is 0.368 e. The molecule has 4 heteroatoms. The van der Waals surface area contributed by atoms with Crippen molar-refractivity contribution in [3.8, 4) is 0 Å². The lowest BCUT2D eigenvalue weighted by molar-refractivity contribution is -0.130. The molecule has 0 spiro atoms. The molecule has 3 rings (SSSR count). The standard InChI is InChI=1S/C19H29N3O/c1-15-7-8-17-5-3-4-6-18(17)22(15)12-10-19(23)21-11-9-16(14-21)13-20-2/h3-6,15-16,20H,7-14H2,1-2H3/t15-,16+/m0/s1. The van der Waals surface area contributed by atoms with E-state index in [4.69, 9.17) is 0 Å². The molecular weight excluding hydrogens is 286 g/mol. The highest BCUT2D eigenvalue weighted by Gasteiger charge is 2.27. The fraction of sp³-hybridized carbons (Fsp3) is 0.632. The molecule has 126 valence electrons. The van der Waals surface area contributed by atoms with Crippen LogP contribution in [0.15, 0.2) is 24.3 Å². The minimum atomic E-state index is 0.318. The first-order valence-electron chi connectivity index (χ1n) is 8.96. The molecule has 1 aromatic rings. The van der Waals surface area contributed by atoms with E-state index in [-0.39, 0.29) is 0 Å². The zero-order valence-corrected chi connectivity index (χ0v) is 14.4. The Kier molecular flexibility index (Phi) is 5.21. The number of nitrogens with one attached hydrogen (secondary N) is 1. The van der Waals surface area contributed by atoms with Gasteiger partial charge in [-0.05, 0) is 57.3 Å². The van der Waals surface area contributed by atoms with Crippen molar-refractivity contribution in [1.82, 2.24) is 10.2 Å². The Morgan fingerprint density at radius 2 is 2.13 bits per heavy atom. The van der Waals surface area contributed by atoms with E-state index in [0.29, 0.717) is 24.3 Å². The average Bonchev–Trinajstić information content (AvgIpc) is 3.03. The summed E-state index contributed by atoms with van der Waals surface area (Å²) in [6, 6.07) is 9.17. The summed E-state index contributed by atoms with van der Waals surface area (Å²) in [4.78, 5) is 17.0. The van der Waals surface area contributed by atoms with Crippen molar-refractivity contribution in [2.24, 2.45) is 5.92 Å². The molecule has 23 heavy (non-hydrogen) atoms. The molecule has 0 unspecified atom stereocenters. The van der Waals surface area contributed by atoms with Crippen molar-refractivity contribution in [3.05, 3.63) is 29.8 Å². The molecule has 2 aliphatic heterocycles. The number of amides is 1. The van der Waals surface area contributed by atoms with Crippen LogP contribution in [0.5, 0.6) is 0 Å². The van der Waals surface area contributed by atoms with Gasteiger partial charge in [0.25, 0.3) is 0 Å². The number of nitrogens with zero attached hydrogens (tertiary/aromatic N) is 2. The Morgan fingerprint density at radius 1 is 1.30 bits per heavy atom. The molecule has 1 saturated heterocycles. The summed E-state index contributed by atoms with van der Waals surface area (Å²) in [7, 11) is 1.99. The number of benzene rings is 1. The van der Waals surface area contributed by atoms with E-state index < -0.39 is 0 Å². The maximum Gasteiger partial charge on any atom is 0.224 e. The quantitative estimate of drug-likeness (QED) is 0.905. The zero-order chi connectivity index (χ0) is 16.2. The van der Waals surface area contributed by atoms with Gasteiger partial charge in [-0.3, -0.25) is 4.79 Å². The van der Waals surface area contributed by atoms with Gasteiger partial charge in [0, 0.05) is 37.8 Å². The van der Waals surface area contributed by atoms with E-state index in [1.165, 1.54) is 17.7 Å². The number of carbonyl (C=O) groups excluding carboxylic acids is 1. The predicted molar refractivity (Wildman–Crippen MR) is 94.8 cm³/mol. The van der Waals surface area contributed by atoms with Crippen LogP contribution in [0.2, 0.25) is 0 Å². The van der Waals surface area contributed by atoms with Crippen molar-refractivity contribution in [1.29, 1.82) is 0 Å². The number of anilines is 1. The van der Waals surface area contributed by atoms with Crippen LogP contribution in [0, 0.1) is 5.92 Å². The first-order valence-corrected chi connectivity index (χ1v) is 8.96. The highest BCUT2D eigenvalue weighted by atomic mass is 16.2. The van der Waals surface area contributed by atoms with E-state index in [9.17, 15) is 4.79 Å². The second kappa shape index (κ2) is 7.35. The summed E-state index contributed by atoms with van der Waals surface area (Å²) in [5.74, 6) is 0.942. The maximum atomic E-state index is 12.5. The highest BCUT2D eigenvalue weighted by molar-refractivity contribution is 5.77. The number of likely N-dealkylation sites (tertiary alicyclic amines) is 1. The third-order valence-corrected chi connectivity index (χ3v) is 5.36. The van der Waals surface area contributed by atoms with Crippen LogP contribution in [0.1, 0.15) is 31.7 Å². The van der Waals surface area contributed by atoms with Crippen LogP contribution in [-0.2, 0) is 11.2 Å². The molecule has 0 radical (unpaired) electrons. The Morgan fingerprint density at radius 3 is 2.96 bits per heavy atom. The van der Waals surface area contributed by atoms with Gasteiger partial charge in [0.2, 0.25) is 5.91 Å². The van der Waals surface area contributed by atoms with Crippen LogP contribution < -0.4 is 10.2 Å². The van der Waals surface area contributed by atoms with E-state index in [0.717, 1.165) is 39.0 Å². The van der Waals surface area contributed by atoms with Crippen LogP contribution in [-0.4, -0.2) is 50.1 Å². The van der Waals surface area contributed by atoms with Crippen LogP contribution in [0.25, 0.3) is 0 Å². The minimum Gasteiger partial charge on any atom is -0.368 e. The van der Waals surface area contributed by atoms with E-state index in [1.54, 1.807) is 0 Å². The van der Waals surface area contributed by atoms with Crippen molar-refractivity contribution >= 4 is 11.6 Å². The van der Waals surface area contributed by atoms with Crippen LogP contribution in [0.3, 0.4) is 0 Å². The summed E-state index contributed by atoms with van der Waals surface area (Å²) in [5.41, 5.74) is 2.75. The summed E-state index contributed by atoms with van der Waals surface area (Å²) in [6.45, 7) is 5.98. The van der Waals surface area contributed by atoms with Gasteiger partial charge < -0.3 is 15.1 Å². The lowest BCUT2D eigenvalue weighted by atomic mass is 9.96. The van der Waals surface area contributed by atoms with Gasteiger partial charge in [0.15, 0.2) is 0 Å². The molecule has 1 N–H and O–H groups in total. The summed E-state index contributed by atoms with van der Waals surface area (Å²) in [6.07, 6.45) is 4.10. The number of carbonyl (C=O) groups is 1. The fourth-order valence-corrected chi connectivity index (χ4v) is 3.99. The van der Waals surface area contributed by atoms with Crippen molar-refractivity contribution < 1.29 is 4.79 Å². The van der Waals surface area contributed by atoms with E-state index in [1.807, 2.05) is 7.05 Å². The summed E-state index contributed by atoms with van der Waals surface area (Å²) >= 11 is 0. The smallest absolute Gasteiger partial charge is 0.224 e. The number of fused-ring (bicyclic) bond motifs is 1. The second-order valence-corrected chi connectivity index (χ2v) is 7.01. The fourth-order valence-electron chi connectivity index (χ4n) is 3.99. The summed E-state index contributed by atoms with van der Waals surface area (Å²) < 4.78 is 0. The van der Waals surface area contributed by atoms with Gasteiger partial charge in [0.1, 0.15) is 0 Å². The average molecular weight is 315 g/mol. The van der Waals surface area contributed by atoms with E-state index >= 15 is 0 Å². The normalized spacial score (nSPS) is 23.9. The van der Waals surface area contributed by atoms with Gasteiger partial charge >= 0.3 is 0 Å². The third-order valence-electron chi connectivity index (χ3n) is 5.36. The Hall–Kier alpha value is -1.55. The highest BCUT2D eigenvalue weighted by Crippen LogP contribution is 2.30. The number of para-hydroxylation sites is 1. The molecule has 1 fully saturated rings. The SMILES string of the molecule is CNC[C@H]1CCN(C(=O)CCN2c3ccccc3CC[C@@H]2C)C1. The number of hydrogen-bond donors (Lipinski definition) is 1. The minimum absolute atomic E-state index is 0.318. The molecule has 0 saturated carbocycles. The molecule has 1 aromatic carbocycles. The van der Waals surface area contributed by atoms with Crippen LogP contribution in [0.4, 0.5) is 5.69 Å². The van der Waals surface area contributed by atoms with Gasteiger partial charge in [0.05, 0.1) is 0 Å². The Labute approximate surface area is 139 Å². The first-order chi connectivity index (χ1) is 11.2. The molecular formula is C19H29N3O. The van der Waals surface area contributed by atoms with Crippen molar-refractivity contribution in [2.75, 3.05) is 38.1 Å². The molecule has 0 bridgehead atoms. The number of aryl methyl sites for hydroxylation is 1. The molecule has 0 aromatic heterocycles. The van der Waals surface area contributed by atoms with Gasteiger partial charge in [-0.1, -0.05) is 18.2 Å². The molecule has 0 aliphatic carbocycles. The van der Waals surface area contributed by atoms with Gasteiger partial charge in [-0.15, -0.1) is 0 Å². The van der Waals surface area contributed by atoms with Gasteiger partial charge in [-0.2, -0.15) is 0 Å². The number of rotatable bonds is 5. The second-order valence-electron chi connectivity index (χ2n) is 7.01. The first kappa shape index (κ1) is 16.3. The lowest BCUT2D eigenvalue weighted by Gasteiger charge is -2.37. The zero-order valence-electron chi connectivity index (χ0n) is 14.4. The lowest BCUT2D eigenvalue weighted by Crippen LogP contribution is -2.40. The molecule has 1 amide bonds. The Bertz CT molecular complexity index is 545. The maximum absolute atomic E-state index is 12.5. The third kappa shape index (κ3) is 3.69. The van der Waals surface area contributed by atoms with Gasteiger partial charge in [-0.25, -0.2) is 0 Å². The molecule has 2 heterocycles. The molecule has 2 atom stereocenters. The van der Waals surface area contributed by atoms with E-state index in [2.05, 4.69) is 46.3 Å². The Balaban J connectivity index is 1.57. The summed E-state index contributed by atoms with van der Waals surface area (Å²) in [5, 5.41) is 3.22. The monoisotopic (exact) mass is 315 g/mol. The molecule has 4 nitrogen and oxygen atoms in total. The predicted octanol–water partition coefficient (Wildman–Crippen LogP) is 2.29. The number of hydrogen-bond acceptors (Lipinski definition) is 3.